The molecule has 2 aromatic carbocycles. The number of halogens is 1. The second-order valence-electron chi connectivity index (χ2n) is 6.13. The predicted octanol–water partition coefficient (Wildman–Crippen LogP) is 3.41. The number of rotatable bonds is 6. The number of carbonyl (C=O) groups excluding carboxylic acids is 1. The lowest BCUT2D eigenvalue weighted by Crippen LogP contribution is -2.26. The second-order valence-corrected chi connectivity index (χ2v) is 6.13. The molecule has 0 spiro atoms. The standard InChI is InChI=1S/C20H20FN3O2/c1-23(12-16-11-22-24(2)13-16)20(25)17-4-3-5-19(10-17)26-14-15-6-8-18(21)9-7-15/h3-11,13H,12,14H2,1-2H3. The van der Waals surface area contributed by atoms with Crippen LogP contribution in [0.1, 0.15) is 21.5 Å². The molecule has 134 valence electrons. The zero-order chi connectivity index (χ0) is 18.5. The van der Waals surface area contributed by atoms with Gasteiger partial charge in [0.1, 0.15) is 18.2 Å². The molecule has 0 aliphatic carbocycles. The molecule has 1 amide bonds. The fourth-order valence-electron chi connectivity index (χ4n) is 2.59. The van der Waals surface area contributed by atoms with Crippen LogP contribution in [0.25, 0.3) is 0 Å². The lowest BCUT2D eigenvalue weighted by molar-refractivity contribution is 0.0784. The minimum atomic E-state index is -0.280. The van der Waals surface area contributed by atoms with Crippen LogP contribution in [-0.4, -0.2) is 27.6 Å². The van der Waals surface area contributed by atoms with Gasteiger partial charge in [0.2, 0.25) is 0 Å². The minimum absolute atomic E-state index is 0.0962. The molecule has 5 nitrogen and oxygen atoms in total. The summed E-state index contributed by atoms with van der Waals surface area (Å²) in [5.41, 5.74) is 2.37. The molecular formula is C20H20FN3O2. The van der Waals surface area contributed by atoms with Crippen LogP contribution in [0.5, 0.6) is 5.75 Å². The number of benzene rings is 2. The molecule has 1 heterocycles. The Labute approximate surface area is 151 Å². The Kier molecular flexibility index (Phi) is 5.31. The van der Waals surface area contributed by atoms with Gasteiger partial charge < -0.3 is 9.64 Å². The molecule has 0 fully saturated rings. The average Bonchev–Trinajstić information content (AvgIpc) is 3.05. The largest absolute Gasteiger partial charge is 0.489 e. The number of aryl methyl sites for hydroxylation is 1. The fourth-order valence-corrected chi connectivity index (χ4v) is 2.59. The van der Waals surface area contributed by atoms with E-state index in [0.717, 1.165) is 11.1 Å². The summed E-state index contributed by atoms with van der Waals surface area (Å²) in [6.45, 7) is 0.788. The molecule has 0 aliphatic rings. The number of amides is 1. The van der Waals surface area contributed by atoms with E-state index in [-0.39, 0.29) is 11.7 Å². The Hall–Kier alpha value is -3.15. The molecule has 0 saturated carbocycles. The van der Waals surface area contributed by atoms with Gasteiger partial charge in [-0.05, 0) is 35.9 Å². The van der Waals surface area contributed by atoms with Crippen molar-refractivity contribution in [2.75, 3.05) is 7.05 Å². The van der Waals surface area contributed by atoms with Crippen molar-refractivity contribution >= 4 is 5.91 Å². The van der Waals surface area contributed by atoms with E-state index >= 15 is 0 Å². The molecular weight excluding hydrogens is 333 g/mol. The number of nitrogens with zero attached hydrogens (tertiary/aromatic N) is 3. The first-order chi connectivity index (χ1) is 12.5. The van der Waals surface area contributed by atoms with Crippen molar-refractivity contribution in [2.24, 2.45) is 7.05 Å². The van der Waals surface area contributed by atoms with Crippen molar-refractivity contribution < 1.29 is 13.9 Å². The molecule has 1 aromatic heterocycles. The quantitative estimate of drug-likeness (QED) is 0.682. The monoisotopic (exact) mass is 353 g/mol. The second kappa shape index (κ2) is 7.82. The number of ether oxygens (including phenoxy) is 1. The Morgan fingerprint density at radius 1 is 1.19 bits per heavy atom. The van der Waals surface area contributed by atoms with Gasteiger partial charge in [0, 0.05) is 38.0 Å². The number of hydrogen-bond acceptors (Lipinski definition) is 3. The van der Waals surface area contributed by atoms with E-state index in [0.29, 0.717) is 24.5 Å². The van der Waals surface area contributed by atoms with Crippen molar-refractivity contribution in [1.29, 1.82) is 0 Å². The van der Waals surface area contributed by atoms with E-state index in [1.54, 1.807) is 59.2 Å². The van der Waals surface area contributed by atoms with Crippen molar-refractivity contribution in [3.8, 4) is 5.75 Å². The normalized spacial score (nSPS) is 10.6. The highest BCUT2D eigenvalue weighted by molar-refractivity contribution is 5.94. The summed E-state index contributed by atoms with van der Waals surface area (Å²) in [5, 5.41) is 4.11. The molecule has 0 atom stereocenters. The summed E-state index contributed by atoms with van der Waals surface area (Å²) in [6, 6.07) is 13.2. The molecule has 0 bridgehead atoms. The van der Waals surface area contributed by atoms with Crippen LogP contribution >= 0.6 is 0 Å². The molecule has 6 heteroatoms. The van der Waals surface area contributed by atoms with Crippen molar-refractivity contribution in [3.63, 3.8) is 0 Å². The Morgan fingerprint density at radius 3 is 2.65 bits per heavy atom. The van der Waals surface area contributed by atoms with Crippen LogP contribution in [0.15, 0.2) is 60.9 Å². The molecule has 0 saturated heterocycles. The van der Waals surface area contributed by atoms with E-state index in [1.165, 1.54) is 12.1 Å². The van der Waals surface area contributed by atoms with Gasteiger partial charge in [-0.25, -0.2) is 4.39 Å². The predicted molar refractivity (Wildman–Crippen MR) is 96.2 cm³/mol. The van der Waals surface area contributed by atoms with E-state index in [4.69, 9.17) is 4.74 Å². The van der Waals surface area contributed by atoms with E-state index in [2.05, 4.69) is 5.10 Å². The van der Waals surface area contributed by atoms with E-state index < -0.39 is 0 Å². The van der Waals surface area contributed by atoms with Crippen LogP contribution < -0.4 is 4.74 Å². The highest BCUT2D eigenvalue weighted by Gasteiger charge is 2.13. The topological polar surface area (TPSA) is 47.4 Å². The number of carbonyl (C=O) groups is 1. The average molecular weight is 353 g/mol. The molecule has 0 unspecified atom stereocenters. The molecule has 3 aromatic rings. The first kappa shape index (κ1) is 17.7. The SMILES string of the molecule is CN(Cc1cnn(C)c1)C(=O)c1cccc(OCc2ccc(F)cc2)c1. The van der Waals surface area contributed by atoms with Gasteiger partial charge in [-0.15, -0.1) is 0 Å². The molecule has 0 radical (unpaired) electrons. The van der Waals surface area contributed by atoms with Crippen molar-refractivity contribution in [2.45, 2.75) is 13.2 Å². The first-order valence-electron chi connectivity index (χ1n) is 8.21. The van der Waals surface area contributed by atoms with Crippen LogP contribution in [0.4, 0.5) is 4.39 Å². The van der Waals surface area contributed by atoms with Crippen LogP contribution in [0.3, 0.4) is 0 Å². The first-order valence-corrected chi connectivity index (χ1v) is 8.21. The van der Waals surface area contributed by atoms with E-state index in [1.807, 2.05) is 13.2 Å². The summed E-state index contributed by atoms with van der Waals surface area (Å²) in [4.78, 5) is 14.3. The van der Waals surface area contributed by atoms with Crippen molar-refractivity contribution in [1.82, 2.24) is 14.7 Å². The maximum absolute atomic E-state index is 12.9. The third-order valence-electron chi connectivity index (χ3n) is 3.92. The lowest BCUT2D eigenvalue weighted by Gasteiger charge is -2.17. The molecule has 26 heavy (non-hydrogen) atoms. The number of hydrogen-bond donors (Lipinski definition) is 0. The summed E-state index contributed by atoms with van der Waals surface area (Å²) < 4.78 is 20.4. The summed E-state index contributed by atoms with van der Waals surface area (Å²) >= 11 is 0. The van der Waals surface area contributed by atoms with Gasteiger partial charge in [-0.3, -0.25) is 9.48 Å². The van der Waals surface area contributed by atoms with Gasteiger partial charge in [-0.1, -0.05) is 18.2 Å². The fraction of sp³-hybridized carbons (Fsp3) is 0.200. The smallest absolute Gasteiger partial charge is 0.254 e. The third-order valence-corrected chi connectivity index (χ3v) is 3.92. The van der Waals surface area contributed by atoms with Crippen LogP contribution in [-0.2, 0) is 20.2 Å². The molecule has 3 rings (SSSR count). The minimum Gasteiger partial charge on any atom is -0.489 e. The van der Waals surface area contributed by atoms with Gasteiger partial charge in [0.25, 0.3) is 5.91 Å². The van der Waals surface area contributed by atoms with Gasteiger partial charge in [-0.2, -0.15) is 5.10 Å². The Bertz CT molecular complexity index is 890. The lowest BCUT2D eigenvalue weighted by atomic mass is 10.2. The Morgan fingerprint density at radius 2 is 1.96 bits per heavy atom. The molecule has 0 aliphatic heterocycles. The summed E-state index contributed by atoms with van der Waals surface area (Å²) in [5.74, 6) is 0.217. The van der Waals surface area contributed by atoms with Crippen LogP contribution in [0, 0.1) is 5.82 Å². The summed E-state index contributed by atoms with van der Waals surface area (Å²) in [7, 11) is 3.59. The van der Waals surface area contributed by atoms with E-state index in [9.17, 15) is 9.18 Å². The van der Waals surface area contributed by atoms with Gasteiger partial charge in [0.05, 0.1) is 6.20 Å². The Balaban J connectivity index is 1.63. The van der Waals surface area contributed by atoms with Gasteiger partial charge >= 0.3 is 0 Å². The van der Waals surface area contributed by atoms with Crippen molar-refractivity contribution in [3.05, 3.63) is 83.4 Å². The summed E-state index contributed by atoms with van der Waals surface area (Å²) in [6.07, 6.45) is 3.62. The highest BCUT2D eigenvalue weighted by atomic mass is 19.1. The zero-order valence-corrected chi connectivity index (χ0v) is 14.7. The highest BCUT2D eigenvalue weighted by Crippen LogP contribution is 2.17. The molecule has 0 N–H and O–H groups in total. The maximum Gasteiger partial charge on any atom is 0.254 e. The zero-order valence-electron chi connectivity index (χ0n) is 14.7. The van der Waals surface area contributed by atoms with Crippen LogP contribution in [0.2, 0.25) is 0 Å². The van der Waals surface area contributed by atoms with Gasteiger partial charge in [0.15, 0.2) is 0 Å². The number of aromatic nitrogens is 2. The maximum atomic E-state index is 12.9. The third kappa shape index (κ3) is 4.47.